The van der Waals surface area contributed by atoms with Gasteiger partial charge in [-0.3, -0.25) is 9.80 Å². The van der Waals surface area contributed by atoms with E-state index in [1.54, 1.807) is 0 Å². The molecule has 4 fully saturated rings. The molecule has 0 aromatic heterocycles. The lowest BCUT2D eigenvalue weighted by Crippen LogP contribution is -2.70. The van der Waals surface area contributed by atoms with Crippen molar-refractivity contribution in [2.45, 2.75) is 44.4 Å². The Labute approximate surface area is 108 Å². The molecular weight excluding hydrogens is 232 g/mol. The van der Waals surface area contributed by atoms with Crippen molar-refractivity contribution in [1.82, 2.24) is 9.80 Å². The van der Waals surface area contributed by atoms with Gasteiger partial charge in [-0.05, 0) is 13.0 Å². The molecule has 5 heteroatoms. The molecule has 0 N–H and O–H groups in total. The third kappa shape index (κ3) is 2.21. The molecule has 5 nitrogen and oxygen atoms in total. The molecule has 0 saturated carbocycles. The lowest BCUT2D eigenvalue weighted by molar-refractivity contribution is -0.0766. The fourth-order valence-corrected chi connectivity index (χ4v) is 3.25. The second-order valence-electron chi connectivity index (χ2n) is 5.50. The zero-order chi connectivity index (χ0) is 12.5. The number of hydrogen-bond acceptors (Lipinski definition) is 4. The Balaban J connectivity index is 1.51. The molecule has 4 aliphatic rings. The summed E-state index contributed by atoms with van der Waals surface area (Å²) in [5.74, 6) is 0. The van der Waals surface area contributed by atoms with Crippen LogP contribution in [0, 0.1) is 0 Å². The highest BCUT2D eigenvalue weighted by Crippen LogP contribution is 2.33. The highest BCUT2D eigenvalue weighted by Gasteiger charge is 2.48. The molecule has 4 aliphatic heterocycles. The molecule has 0 aliphatic carbocycles. The molecule has 102 valence electrons. The van der Waals surface area contributed by atoms with Crippen molar-refractivity contribution in [2.24, 2.45) is 0 Å². The van der Waals surface area contributed by atoms with E-state index in [1.165, 1.54) is 0 Å². The Kier molecular flexibility index (Phi) is 3.43. The first-order valence-corrected chi connectivity index (χ1v) is 7.07. The summed E-state index contributed by atoms with van der Waals surface area (Å²) in [4.78, 5) is 16.5. The number of rotatable bonds is 2. The van der Waals surface area contributed by atoms with Crippen LogP contribution in [0.3, 0.4) is 0 Å². The Hall–Kier alpha value is -0.810. The van der Waals surface area contributed by atoms with E-state index in [4.69, 9.17) is 9.47 Å². The number of carbonyl (C=O) groups is 1. The van der Waals surface area contributed by atoms with E-state index in [-0.39, 0.29) is 12.2 Å². The van der Waals surface area contributed by atoms with Gasteiger partial charge in [0.15, 0.2) is 0 Å². The minimum Gasteiger partial charge on any atom is -0.446 e. The maximum atomic E-state index is 12.1. The topological polar surface area (TPSA) is 42.0 Å². The smallest absolute Gasteiger partial charge is 0.410 e. The molecule has 2 unspecified atom stereocenters. The Bertz CT molecular complexity index is 305. The van der Waals surface area contributed by atoms with Crippen molar-refractivity contribution in [1.29, 1.82) is 0 Å². The van der Waals surface area contributed by atoms with Crippen molar-refractivity contribution in [3.63, 3.8) is 0 Å². The van der Waals surface area contributed by atoms with E-state index in [0.29, 0.717) is 25.3 Å². The van der Waals surface area contributed by atoms with Crippen molar-refractivity contribution >= 4 is 6.09 Å². The second-order valence-corrected chi connectivity index (χ2v) is 5.50. The number of fused-ring (bicyclic) bond motifs is 2. The molecule has 0 spiro atoms. The van der Waals surface area contributed by atoms with Gasteiger partial charge >= 0.3 is 6.09 Å². The van der Waals surface area contributed by atoms with E-state index >= 15 is 0 Å². The summed E-state index contributed by atoms with van der Waals surface area (Å²) in [6.07, 6.45) is 2.81. The molecule has 0 radical (unpaired) electrons. The van der Waals surface area contributed by atoms with Crippen molar-refractivity contribution < 1.29 is 14.3 Å². The first kappa shape index (κ1) is 12.2. The highest BCUT2D eigenvalue weighted by atomic mass is 16.6. The van der Waals surface area contributed by atoms with E-state index < -0.39 is 0 Å². The maximum Gasteiger partial charge on any atom is 0.410 e. The quantitative estimate of drug-likeness (QED) is 0.739. The monoisotopic (exact) mass is 254 g/mol. The average Bonchev–Trinajstić information content (AvgIpc) is 2.39. The van der Waals surface area contributed by atoms with Crippen LogP contribution in [0.1, 0.15) is 26.2 Å². The van der Waals surface area contributed by atoms with E-state index in [9.17, 15) is 4.79 Å². The Morgan fingerprint density at radius 3 is 2.56 bits per heavy atom. The minimum absolute atomic E-state index is 0.0647. The van der Waals surface area contributed by atoms with E-state index in [2.05, 4.69) is 11.8 Å². The van der Waals surface area contributed by atoms with Crippen LogP contribution in [-0.4, -0.2) is 66.9 Å². The second kappa shape index (κ2) is 5.05. The number of piperazine rings is 1. The van der Waals surface area contributed by atoms with Crippen LogP contribution in [-0.2, 0) is 9.47 Å². The third-order valence-corrected chi connectivity index (χ3v) is 4.36. The summed E-state index contributed by atoms with van der Waals surface area (Å²) in [5.41, 5.74) is 0. The number of likely N-dealkylation sites (N-methyl/N-ethyl adjacent to an activating group) is 1. The van der Waals surface area contributed by atoms with Crippen LogP contribution < -0.4 is 0 Å². The van der Waals surface area contributed by atoms with Crippen LogP contribution >= 0.6 is 0 Å². The molecule has 4 heterocycles. The van der Waals surface area contributed by atoms with E-state index in [1.807, 2.05) is 4.90 Å². The predicted molar refractivity (Wildman–Crippen MR) is 66.5 cm³/mol. The van der Waals surface area contributed by atoms with Gasteiger partial charge in [0.25, 0.3) is 0 Å². The van der Waals surface area contributed by atoms with Crippen molar-refractivity contribution in [3.05, 3.63) is 0 Å². The van der Waals surface area contributed by atoms with Crippen LogP contribution in [0.5, 0.6) is 0 Å². The summed E-state index contributed by atoms with van der Waals surface area (Å²) in [5, 5.41) is 0. The number of piperidine rings is 1. The van der Waals surface area contributed by atoms with Gasteiger partial charge in [0.2, 0.25) is 0 Å². The van der Waals surface area contributed by atoms with Gasteiger partial charge in [0.05, 0.1) is 25.3 Å². The number of amides is 1. The minimum atomic E-state index is -0.0982. The lowest BCUT2D eigenvalue weighted by Gasteiger charge is -2.55. The number of carbonyl (C=O) groups excluding carboxylic acids is 1. The normalized spacial score (nSPS) is 33.1. The van der Waals surface area contributed by atoms with Gasteiger partial charge in [-0.25, -0.2) is 4.79 Å². The summed E-state index contributed by atoms with van der Waals surface area (Å²) >= 11 is 0. The first-order chi connectivity index (χ1) is 8.78. The third-order valence-electron chi connectivity index (χ3n) is 4.36. The zero-order valence-corrected chi connectivity index (χ0v) is 11.0. The van der Waals surface area contributed by atoms with Crippen LogP contribution in [0.15, 0.2) is 0 Å². The summed E-state index contributed by atoms with van der Waals surface area (Å²) in [6.45, 7) is 6.71. The van der Waals surface area contributed by atoms with Gasteiger partial charge in [-0.1, -0.05) is 6.92 Å². The molecule has 18 heavy (non-hydrogen) atoms. The van der Waals surface area contributed by atoms with Crippen LogP contribution in [0.4, 0.5) is 4.79 Å². The predicted octanol–water partition coefficient (Wildman–Crippen LogP) is 1.08. The maximum absolute atomic E-state index is 12.1. The number of hydrogen-bond donors (Lipinski definition) is 0. The van der Waals surface area contributed by atoms with Crippen LogP contribution in [0.25, 0.3) is 0 Å². The van der Waals surface area contributed by atoms with Gasteiger partial charge in [-0.15, -0.1) is 0 Å². The molecule has 2 bridgehead atoms. The number of ether oxygens (including phenoxy) is 2. The van der Waals surface area contributed by atoms with Gasteiger partial charge in [-0.2, -0.15) is 0 Å². The molecule has 0 aromatic rings. The van der Waals surface area contributed by atoms with Gasteiger partial charge in [0.1, 0.15) is 6.10 Å². The number of nitrogens with zero attached hydrogens (tertiary/aromatic N) is 2. The molecule has 4 rings (SSSR count). The molecule has 0 aromatic carbocycles. The first-order valence-electron chi connectivity index (χ1n) is 7.07. The molecule has 1 amide bonds. The Morgan fingerprint density at radius 2 is 1.94 bits per heavy atom. The standard InChI is InChI=1S/C13H22N2O3/c1-2-14-8-10-7-11(9-14)15(10)13(16)18-12-3-5-17-6-4-12/h10-12H,2-9H2,1H3. The Morgan fingerprint density at radius 1 is 1.28 bits per heavy atom. The van der Waals surface area contributed by atoms with Gasteiger partial charge < -0.3 is 9.47 Å². The summed E-state index contributed by atoms with van der Waals surface area (Å²) in [6, 6.07) is 0.770. The fourth-order valence-electron chi connectivity index (χ4n) is 3.25. The highest BCUT2D eigenvalue weighted by molar-refractivity contribution is 5.70. The van der Waals surface area contributed by atoms with Crippen molar-refractivity contribution in [3.8, 4) is 0 Å². The molecular formula is C13H22N2O3. The van der Waals surface area contributed by atoms with Gasteiger partial charge in [0, 0.05) is 25.9 Å². The fraction of sp³-hybridized carbons (Fsp3) is 0.923. The molecule has 2 atom stereocenters. The summed E-state index contributed by atoms with van der Waals surface area (Å²) in [7, 11) is 0. The largest absolute Gasteiger partial charge is 0.446 e. The summed E-state index contributed by atoms with van der Waals surface area (Å²) < 4.78 is 10.9. The van der Waals surface area contributed by atoms with E-state index in [0.717, 1.165) is 38.9 Å². The zero-order valence-electron chi connectivity index (χ0n) is 11.0. The van der Waals surface area contributed by atoms with Crippen LogP contribution in [0.2, 0.25) is 0 Å². The van der Waals surface area contributed by atoms with Crippen molar-refractivity contribution in [2.75, 3.05) is 32.8 Å². The lowest BCUT2D eigenvalue weighted by atomic mass is 9.88. The SMILES string of the molecule is CCN1CC2CC(C1)N2C(=O)OC1CCOCC1. The molecule has 4 saturated heterocycles. The average molecular weight is 254 g/mol.